The van der Waals surface area contributed by atoms with E-state index in [9.17, 15) is 5.11 Å². The highest BCUT2D eigenvalue weighted by Gasteiger charge is 2.23. The van der Waals surface area contributed by atoms with E-state index in [-0.39, 0.29) is 0 Å². The van der Waals surface area contributed by atoms with Gasteiger partial charge in [0, 0.05) is 37.1 Å². The highest BCUT2D eigenvalue weighted by molar-refractivity contribution is 7.11. The summed E-state index contributed by atoms with van der Waals surface area (Å²) in [4.78, 5) is 14.8. The lowest BCUT2D eigenvalue weighted by atomic mass is 10.0. The van der Waals surface area contributed by atoms with E-state index in [0.717, 1.165) is 42.5 Å². The zero-order valence-corrected chi connectivity index (χ0v) is 16.0. The molecule has 1 atom stereocenters. The van der Waals surface area contributed by atoms with Gasteiger partial charge < -0.3 is 10.0 Å². The number of likely N-dealkylation sites (tertiary alicyclic amines) is 1. The summed E-state index contributed by atoms with van der Waals surface area (Å²) in [6.45, 7) is 6.06. The van der Waals surface area contributed by atoms with Crippen LogP contribution in [0.1, 0.15) is 41.4 Å². The third-order valence-corrected chi connectivity index (χ3v) is 6.11. The summed E-state index contributed by atoms with van der Waals surface area (Å²) in [6.07, 6.45) is 6.69. The van der Waals surface area contributed by atoms with Crippen molar-refractivity contribution >= 4 is 11.3 Å². The summed E-state index contributed by atoms with van der Waals surface area (Å²) in [5.41, 5.74) is 1.18. The van der Waals surface area contributed by atoms with E-state index >= 15 is 0 Å². The standard InChI is InChI=1S/C19H28N4OS/c1-15(24)18-13-21-19(25-18)14-22(2)17-7-11-23(12-8-17)10-6-16-5-3-4-9-20-16/h3-5,9,13,15,17,24H,6-8,10-12,14H2,1-2H3. The summed E-state index contributed by atoms with van der Waals surface area (Å²) in [7, 11) is 2.19. The van der Waals surface area contributed by atoms with Crippen LogP contribution >= 0.6 is 11.3 Å². The van der Waals surface area contributed by atoms with E-state index in [2.05, 4.69) is 38.9 Å². The molecule has 0 amide bonds. The second-order valence-electron chi connectivity index (χ2n) is 6.89. The van der Waals surface area contributed by atoms with E-state index in [1.165, 1.54) is 18.5 Å². The van der Waals surface area contributed by atoms with Crippen LogP contribution in [0.15, 0.2) is 30.6 Å². The van der Waals surface area contributed by atoms with Crippen LogP contribution in [0.25, 0.3) is 0 Å². The van der Waals surface area contributed by atoms with Crippen LogP contribution in [0.5, 0.6) is 0 Å². The van der Waals surface area contributed by atoms with E-state index < -0.39 is 6.10 Å². The Hall–Kier alpha value is -1.34. The Morgan fingerprint density at radius 2 is 2.12 bits per heavy atom. The summed E-state index contributed by atoms with van der Waals surface area (Å²) < 4.78 is 0. The minimum absolute atomic E-state index is 0.418. The summed E-state index contributed by atoms with van der Waals surface area (Å²) in [5.74, 6) is 0. The fourth-order valence-corrected chi connectivity index (χ4v) is 4.26. The summed E-state index contributed by atoms with van der Waals surface area (Å²) >= 11 is 1.62. The molecule has 0 radical (unpaired) electrons. The maximum Gasteiger partial charge on any atom is 0.107 e. The number of aliphatic hydroxyl groups is 1. The van der Waals surface area contributed by atoms with Crippen LogP contribution in [0.2, 0.25) is 0 Å². The second-order valence-corrected chi connectivity index (χ2v) is 8.04. The zero-order valence-electron chi connectivity index (χ0n) is 15.1. The number of rotatable bonds is 7. The van der Waals surface area contributed by atoms with Gasteiger partial charge in [0.15, 0.2) is 0 Å². The fourth-order valence-electron chi connectivity index (χ4n) is 3.34. The first-order valence-electron chi connectivity index (χ1n) is 9.07. The first-order chi connectivity index (χ1) is 12.1. The summed E-state index contributed by atoms with van der Waals surface area (Å²) in [5, 5.41) is 10.7. The number of hydrogen-bond acceptors (Lipinski definition) is 6. The quantitative estimate of drug-likeness (QED) is 0.823. The number of piperidine rings is 1. The average Bonchev–Trinajstić information content (AvgIpc) is 3.10. The van der Waals surface area contributed by atoms with Gasteiger partial charge in [0.1, 0.15) is 5.01 Å². The van der Waals surface area contributed by atoms with Crippen LogP contribution < -0.4 is 0 Å². The van der Waals surface area contributed by atoms with Gasteiger partial charge in [-0.1, -0.05) is 6.07 Å². The lowest BCUT2D eigenvalue weighted by Gasteiger charge is -2.36. The van der Waals surface area contributed by atoms with Crippen LogP contribution in [-0.4, -0.2) is 57.6 Å². The predicted octanol–water partition coefficient (Wildman–Crippen LogP) is 2.73. The molecule has 3 heterocycles. The van der Waals surface area contributed by atoms with Gasteiger partial charge in [0.2, 0.25) is 0 Å². The molecule has 6 heteroatoms. The minimum atomic E-state index is -0.418. The molecule has 2 aromatic rings. The summed E-state index contributed by atoms with van der Waals surface area (Å²) in [6, 6.07) is 6.75. The lowest BCUT2D eigenvalue weighted by molar-refractivity contribution is 0.124. The first kappa shape index (κ1) is 18.5. The van der Waals surface area contributed by atoms with Crippen molar-refractivity contribution in [2.24, 2.45) is 0 Å². The van der Waals surface area contributed by atoms with E-state index in [1.807, 2.05) is 12.3 Å². The van der Waals surface area contributed by atoms with Crippen LogP contribution in [0.3, 0.4) is 0 Å². The van der Waals surface area contributed by atoms with Crippen molar-refractivity contribution in [1.29, 1.82) is 0 Å². The maximum atomic E-state index is 9.63. The average molecular weight is 361 g/mol. The lowest BCUT2D eigenvalue weighted by Crippen LogP contribution is -2.43. The molecule has 1 aliphatic rings. The van der Waals surface area contributed by atoms with Gasteiger partial charge in [-0.05, 0) is 52.0 Å². The smallest absolute Gasteiger partial charge is 0.107 e. The molecule has 0 aromatic carbocycles. The Morgan fingerprint density at radius 3 is 2.76 bits per heavy atom. The molecule has 5 nitrogen and oxygen atoms in total. The van der Waals surface area contributed by atoms with Gasteiger partial charge in [-0.25, -0.2) is 4.98 Å². The van der Waals surface area contributed by atoms with Crippen LogP contribution in [0, 0.1) is 0 Å². The Morgan fingerprint density at radius 1 is 1.32 bits per heavy atom. The Labute approximate surface area is 154 Å². The Kier molecular flexibility index (Phi) is 6.53. The molecule has 136 valence electrons. The van der Waals surface area contributed by atoms with E-state index in [0.29, 0.717) is 6.04 Å². The molecular formula is C19H28N4OS. The molecule has 0 spiro atoms. The predicted molar refractivity (Wildman–Crippen MR) is 102 cm³/mol. The van der Waals surface area contributed by atoms with Gasteiger partial charge >= 0.3 is 0 Å². The van der Waals surface area contributed by atoms with Gasteiger partial charge in [-0.15, -0.1) is 11.3 Å². The van der Waals surface area contributed by atoms with Gasteiger partial charge in [0.25, 0.3) is 0 Å². The van der Waals surface area contributed by atoms with Crippen LogP contribution in [0.4, 0.5) is 0 Å². The number of aliphatic hydroxyl groups excluding tert-OH is 1. The normalized spacial score (nSPS) is 17.9. The number of hydrogen-bond donors (Lipinski definition) is 1. The molecule has 1 N–H and O–H groups in total. The topological polar surface area (TPSA) is 52.5 Å². The molecule has 1 saturated heterocycles. The Bertz CT molecular complexity index is 638. The van der Waals surface area contributed by atoms with Crippen molar-refractivity contribution in [2.75, 3.05) is 26.7 Å². The van der Waals surface area contributed by atoms with Gasteiger partial charge in [-0.2, -0.15) is 0 Å². The molecular weight excluding hydrogens is 332 g/mol. The monoisotopic (exact) mass is 360 g/mol. The number of thiazole rings is 1. The van der Waals surface area contributed by atoms with Gasteiger partial charge in [0.05, 0.1) is 17.5 Å². The van der Waals surface area contributed by atoms with Crippen molar-refractivity contribution in [3.8, 4) is 0 Å². The highest BCUT2D eigenvalue weighted by atomic mass is 32.1. The molecule has 0 saturated carbocycles. The third kappa shape index (κ3) is 5.31. The molecule has 3 rings (SSSR count). The van der Waals surface area contributed by atoms with Crippen LogP contribution in [-0.2, 0) is 13.0 Å². The molecule has 25 heavy (non-hydrogen) atoms. The molecule has 2 aromatic heterocycles. The first-order valence-corrected chi connectivity index (χ1v) is 9.88. The van der Waals surface area contributed by atoms with Crippen molar-refractivity contribution in [2.45, 2.75) is 44.9 Å². The third-order valence-electron chi connectivity index (χ3n) is 4.96. The zero-order chi connectivity index (χ0) is 17.6. The van der Waals surface area contributed by atoms with Gasteiger partial charge in [-0.3, -0.25) is 9.88 Å². The molecule has 1 fully saturated rings. The molecule has 1 unspecified atom stereocenters. The molecule has 0 bridgehead atoms. The largest absolute Gasteiger partial charge is 0.388 e. The van der Waals surface area contributed by atoms with Crippen molar-refractivity contribution in [3.63, 3.8) is 0 Å². The van der Waals surface area contributed by atoms with E-state index in [4.69, 9.17) is 0 Å². The number of nitrogens with zero attached hydrogens (tertiary/aromatic N) is 4. The van der Waals surface area contributed by atoms with Crippen molar-refractivity contribution < 1.29 is 5.11 Å². The number of aromatic nitrogens is 2. The second kappa shape index (κ2) is 8.85. The van der Waals surface area contributed by atoms with Crippen molar-refractivity contribution in [3.05, 3.63) is 46.2 Å². The maximum absolute atomic E-state index is 9.63. The molecule has 1 aliphatic heterocycles. The minimum Gasteiger partial charge on any atom is -0.388 e. The highest BCUT2D eigenvalue weighted by Crippen LogP contribution is 2.23. The fraction of sp³-hybridized carbons (Fsp3) is 0.579. The molecule has 0 aliphatic carbocycles. The Balaban J connectivity index is 1.41. The van der Waals surface area contributed by atoms with Crippen molar-refractivity contribution in [1.82, 2.24) is 19.8 Å². The SMILES string of the molecule is CC(O)c1cnc(CN(C)C2CCN(CCc3ccccn3)CC2)s1. The van der Waals surface area contributed by atoms with E-state index in [1.54, 1.807) is 24.5 Å². The number of pyridine rings is 1.